The number of carbonyl (C=O) groups excluding carboxylic acids is 3. The van der Waals surface area contributed by atoms with Crippen molar-refractivity contribution in [1.82, 2.24) is 24.4 Å². The van der Waals surface area contributed by atoms with E-state index in [2.05, 4.69) is 15.0 Å². The number of thioether (sulfide) groups is 1. The van der Waals surface area contributed by atoms with E-state index in [1.165, 1.54) is 25.2 Å². The third kappa shape index (κ3) is 10.4. The van der Waals surface area contributed by atoms with Crippen LogP contribution in [0.2, 0.25) is 0 Å². The molecule has 0 spiro atoms. The number of cyclic esters (lactones) is 1. The summed E-state index contributed by atoms with van der Waals surface area (Å²) in [7, 11) is 6.86. The minimum absolute atomic E-state index is 0.125. The standard InChI is InChI=1S/C47H75N5O13S/c1-15-32-47(10)34(38(43(57)65-47)66-17-16-52-23-50-30-21-48-22-49-41(30)52)26(4)35(53)24(2)19-46(9,59-14)40(64-44-36(54)31(51(11)12)18-25(3)60-44)27(5)37(28(6)42(56)62-32)63-33-20-45(8,58-13)39(55)29(7)61-33/h21-29,31-34,36-40,44,54-55H,15-20H2,1-14H3/t24-,25-,26+,27+,28-,29-,31+,32-,33+,34?,36-,37+,38?,39+,40-,44+,45-,46-,47-/m1/s1. The number of ether oxygens (including phenoxy) is 8. The maximum Gasteiger partial charge on any atom is 0.320 e. The normalized spacial score (nSPS) is 43.1. The Kier molecular flexibility index (Phi) is 16.7. The summed E-state index contributed by atoms with van der Waals surface area (Å²) in [6, 6.07) is -0.297. The predicted octanol–water partition coefficient (Wildman–Crippen LogP) is 4.20. The van der Waals surface area contributed by atoms with Crippen LogP contribution in [-0.2, 0) is 58.8 Å². The van der Waals surface area contributed by atoms with E-state index in [-0.39, 0.29) is 37.2 Å². The zero-order valence-electron chi connectivity index (χ0n) is 41.2. The molecule has 66 heavy (non-hydrogen) atoms. The summed E-state index contributed by atoms with van der Waals surface area (Å²) in [4.78, 5) is 59.0. The highest BCUT2D eigenvalue weighted by Gasteiger charge is 2.62. The number of likely N-dealkylation sites (N-methyl/N-ethyl adjacent to an activating group) is 1. The van der Waals surface area contributed by atoms with E-state index in [1.54, 1.807) is 47.3 Å². The second-order valence-electron chi connectivity index (χ2n) is 20.1. The van der Waals surface area contributed by atoms with Crippen molar-refractivity contribution in [1.29, 1.82) is 0 Å². The maximum absolute atomic E-state index is 15.1. The maximum atomic E-state index is 15.1. The first-order valence-electron chi connectivity index (χ1n) is 23.5. The topological polar surface area (TPSA) is 212 Å². The van der Waals surface area contributed by atoms with Gasteiger partial charge in [0.1, 0.15) is 41.2 Å². The van der Waals surface area contributed by atoms with Crippen molar-refractivity contribution in [3.63, 3.8) is 0 Å². The van der Waals surface area contributed by atoms with Gasteiger partial charge in [0.15, 0.2) is 23.8 Å². The Morgan fingerprint density at radius 2 is 1.62 bits per heavy atom. The van der Waals surface area contributed by atoms with Gasteiger partial charge in [0.25, 0.3) is 0 Å². The molecule has 2 aromatic rings. The van der Waals surface area contributed by atoms with Crippen LogP contribution in [0.15, 0.2) is 18.9 Å². The lowest BCUT2D eigenvalue weighted by Crippen LogP contribution is -2.61. The molecule has 2 aromatic heterocycles. The SMILES string of the molecule is CC[C@H]1OC(=O)[C@H](C)[C@@H](O[C@H]2C[C@@](C)(OC)[C@@H](O)[C@@H](C)O2)[C@H](C)[C@@H](O[C@@H]2O[C@H](C)C[C@H](N(C)C)[C@H]2O)[C@](C)(OC)C[C@@H](C)C(=O)[C@@H](C)C2C(SCCn3cnc4cncnc43)C(=O)O[C@@]21C. The van der Waals surface area contributed by atoms with Gasteiger partial charge in [-0.3, -0.25) is 14.4 Å². The molecule has 0 aliphatic carbocycles. The molecule has 0 amide bonds. The van der Waals surface area contributed by atoms with Crippen molar-refractivity contribution < 1.29 is 62.5 Å². The molecule has 19 heteroatoms. The average Bonchev–Trinajstić information content (AvgIpc) is 3.81. The van der Waals surface area contributed by atoms with Crippen LogP contribution in [-0.4, -0.2) is 170 Å². The van der Waals surface area contributed by atoms with Gasteiger partial charge in [0.2, 0.25) is 0 Å². The summed E-state index contributed by atoms with van der Waals surface area (Å²) >= 11 is 1.39. The van der Waals surface area contributed by atoms with Gasteiger partial charge in [-0.05, 0) is 74.9 Å². The van der Waals surface area contributed by atoms with Crippen LogP contribution in [0.25, 0.3) is 11.2 Å². The summed E-state index contributed by atoms with van der Waals surface area (Å²) in [5.41, 5.74) is -2.38. The smallest absolute Gasteiger partial charge is 0.320 e. The number of Topliss-reactive ketones (excluding diaryl/α,β-unsaturated/α-hetero) is 1. The number of nitrogens with zero attached hydrogens (tertiary/aromatic N) is 5. The molecule has 372 valence electrons. The molecule has 0 aromatic carbocycles. The number of hydrogen-bond acceptors (Lipinski definition) is 18. The number of aryl methyl sites for hydroxylation is 1. The molecule has 4 fully saturated rings. The van der Waals surface area contributed by atoms with E-state index in [4.69, 9.17) is 37.9 Å². The number of aliphatic hydroxyl groups excluding tert-OH is 2. The van der Waals surface area contributed by atoms with Crippen molar-refractivity contribution >= 4 is 40.6 Å². The van der Waals surface area contributed by atoms with Crippen molar-refractivity contribution in [2.45, 2.75) is 185 Å². The highest BCUT2D eigenvalue weighted by atomic mass is 32.2. The van der Waals surface area contributed by atoms with Gasteiger partial charge < -0.3 is 57.6 Å². The Labute approximate surface area is 393 Å². The number of hydrogen-bond donors (Lipinski definition) is 2. The van der Waals surface area contributed by atoms with Gasteiger partial charge in [-0.1, -0.05) is 27.7 Å². The van der Waals surface area contributed by atoms with Gasteiger partial charge >= 0.3 is 11.9 Å². The average molecular weight is 950 g/mol. The minimum atomic E-state index is -1.39. The lowest BCUT2D eigenvalue weighted by atomic mass is 9.70. The Hall–Kier alpha value is -2.85. The van der Waals surface area contributed by atoms with Crippen LogP contribution in [0.1, 0.15) is 94.9 Å². The van der Waals surface area contributed by atoms with Gasteiger partial charge in [0, 0.05) is 62.7 Å². The Morgan fingerprint density at radius 1 is 0.924 bits per heavy atom. The fourth-order valence-electron chi connectivity index (χ4n) is 11.2. The summed E-state index contributed by atoms with van der Waals surface area (Å²) < 4.78 is 53.6. The van der Waals surface area contributed by atoms with E-state index >= 15 is 4.79 Å². The highest BCUT2D eigenvalue weighted by Crippen LogP contribution is 2.49. The lowest BCUT2D eigenvalue weighted by Gasteiger charge is -2.50. The summed E-state index contributed by atoms with van der Waals surface area (Å²) in [6.07, 6.45) is -2.11. The highest BCUT2D eigenvalue weighted by molar-refractivity contribution is 8.00. The van der Waals surface area contributed by atoms with Crippen molar-refractivity contribution in [3.8, 4) is 0 Å². The number of aromatic nitrogens is 4. The molecule has 2 N–H and O–H groups in total. The molecule has 0 saturated carbocycles. The molecule has 2 unspecified atom stereocenters. The number of methoxy groups -OCH3 is 2. The number of ketones is 1. The lowest BCUT2D eigenvalue weighted by molar-refractivity contribution is -0.319. The first kappa shape index (κ1) is 52.5. The van der Waals surface area contributed by atoms with Gasteiger partial charge in [-0.25, -0.2) is 15.0 Å². The molecule has 0 bridgehead atoms. The largest absolute Gasteiger partial charge is 0.458 e. The van der Waals surface area contributed by atoms with Gasteiger partial charge in [-0.15, -0.1) is 11.8 Å². The second-order valence-corrected chi connectivity index (χ2v) is 21.3. The van der Waals surface area contributed by atoms with Gasteiger partial charge in [0.05, 0.1) is 54.1 Å². The van der Waals surface area contributed by atoms with Crippen LogP contribution < -0.4 is 0 Å². The van der Waals surface area contributed by atoms with E-state index in [1.807, 2.05) is 65.1 Å². The third-order valence-electron chi connectivity index (χ3n) is 15.2. The van der Waals surface area contributed by atoms with Crippen molar-refractivity contribution in [3.05, 3.63) is 18.9 Å². The Morgan fingerprint density at radius 3 is 2.27 bits per heavy atom. The Balaban J connectivity index is 1.42. The first-order chi connectivity index (χ1) is 31.0. The summed E-state index contributed by atoms with van der Waals surface area (Å²) in [5, 5.41) is 22.1. The van der Waals surface area contributed by atoms with Gasteiger partial charge in [-0.2, -0.15) is 0 Å². The molecular weight excluding hydrogens is 875 g/mol. The second kappa shape index (κ2) is 21.0. The van der Waals surface area contributed by atoms with Crippen LogP contribution in [0.5, 0.6) is 0 Å². The van der Waals surface area contributed by atoms with E-state index in [9.17, 15) is 19.8 Å². The fraction of sp³-hybridized carbons (Fsp3) is 0.830. The number of aliphatic hydroxyl groups is 2. The summed E-state index contributed by atoms with van der Waals surface area (Å²) in [6.45, 7) is 18.7. The minimum Gasteiger partial charge on any atom is -0.458 e. The quantitative estimate of drug-likeness (QED) is 0.286. The number of rotatable bonds is 12. The molecule has 0 radical (unpaired) electrons. The van der Waals surface area contributed by atoms with E-state index in [0.717, 1.165) is 0 Å². The molecular formula is C47H75N5O13S. The zero-order chi connectivity index (χ0) is 48.6. The van der Waals surface area contributed by atoms with Crippen LogP contribution in [0.4, 0.5) is 0 Å². The van der Waals surface area contributed by atoms with Crippen LogP contribution in [0.3, 0.4) is 0 Å². The number of esters is 2. The first-order valence-corrected chi connectivity index (χ1v) is 24.5. The van der Waals surface area contributed by atoms with Crippen LogP contribution in [0, 0.1) is 29.6 Å². The summed E-state index contributed by atoms with van der Waals surface area (Å²) in [5.74, 6) is -4.59. The van der Waals surface area contributed by atoms with Crippen molar-refractivity contribution in [2.75, 3.05) is 34.1 Å². The van der Waals surface area contributed by atoms with E-state index < -0.39 is 113 Å². The zero-order valence-corrected chi connectivity index (χ0v) is 42.1. The molecule has 18 nitrogen and oxygen atoms in total. The third-order valence-corrected chi connectivity index (χ3v) is 16.4. The molecule has 19 atom stereocenters. The molecule has 6 heterocycles. The van der Waals surface area contributed by atoms with Crippen molar-refractivity contribution in [2.24, 2.45) is 29.6 Å². The predicted molar refractivity (Wildman–Crippen MR) is 244 cm³/mol. The molecule has 6 rings (SSSR count). The number of carbonyl (C=O) groups is 3. The van der Waals surface area contributed by atoms with E-state index in [0.29, 0.717) is 29.9 Å². The van der Waals surface area contributed by atoms with Crippen LogP contribution >= 0.6 is 11.8 Å². The Bertz CT molecular complexity index is 2000. The molecule has 4 aliphatic heterocycles. The number of imidazole rings is 1. The fourth-order valence-corrected chi connectivity index (χ4v) is 12.6. The molecule has 4 saturated heterocycles. The molecule has 4 aliphatic rings. The number of fused-ring (bicyclic) bond motifs is 2. The monoisotopic (exact) mass is 950 g/mol.